The molecule has 0 saturated carbocycles. The van der Waals surface area contributed by atoms with Gasteiger partial charge in [0.15, 0.2) is 0 Å². The molecule has 1 N–H and O–H groups in total. The normalized spacial score (nSPS) is 15.6. The molecule has 5 heteroatoms. The fourth-order valence-electron chi connectivity index (χ4n) is 2.96. The number of hydrogen-bond acceptors (Lipinski definition) is 3. The zero-order valence-electron chi connectivity index (χ0n) is 15.6. The van der Waals surface area contributed by atoms with Crippen LogP contribution in [0.25, 0.3) is 0 Å². The van der Waals surface area contributed by atoms with Gasteiger partial charge >= 0.3 is 0 Å². The van der Waals surface area contributed by atoms with Crippen molar-refractivity contribution in [3.63, 3.8) is 0 Å². The highest BCUT2D eigenvalue weighted by atomic mass is 16.3. The Balaban J connectivity index is 1.98. The molecule has 5 nitrogen and oxygen atoms in total. The summed E-state index contributed by atoms with van der Waals surface area (Å²) in [6.07, 6.45) is 3.42. The van der Waals surface area contributed by atoms with Crippen LogP contribution in [0, 0.1) is 0 Å². The molecule has 0 aromatic heterocycles. The fraction of sp³-hybridized carbons (Fsp3) is 0.600. The number of carbonyl (C=O) groups is 2. The lowest BCUT2D eigenvalue weighted by molar-refractivity contribution is -0.135. The van der Waals surface area contributed by atoms with Crippen LogP contribution in [0.4, 0.5) is 0 Å². The van der Waals surface area contributed by atoms with E-state index in [0.29, 0.717) is 31.5 Å². The number of carbonyl (C=O) groups excluding carboxylic acids is 2. The monoisotopic (exact) mass is 346 g/mol. The molecule has 1 fully saturated rings. The third-order valence-corrected chi connectivity index (χ3v) is 4.59. The number of nitrogens with zero attached hydrogens (tertiary/aromatic N) is 2. The van der Waals surface area contributed by atoms with E-state index in [4.69, 9.17) is 0 Å². The van der Waals surface area contributed by atoms with Crippen LogP contribution in [-0.4, -0.2) is 58.5 Å². The minimum absolute atomic E-state index is 0.0336. The van der Waals surface area contributed by atoms with Gasteiger partial charge in [0.2, 0.25) is 5.91 Å². The lowest BCUT2D eigenvalue weighted by atomic mass is 9.97. The van der Waals surface area contributed by atoms with Gasteiger partial charge in [0, 0.05) is 25.2 Å². The molecule has 0 spiro atoms. The van der Waals surface area contributed by atoms with Gasteiger partial charge < -0.3 is 14.9 Å². The number of hydrogen-bond donors (Lipinski definition) is 1. The van der Waals surface area contributed by atoms with Crippen LogP contribution in [0.1, 0.15) is 56.0 Å². The Morgan fingerprint density at radius 2 is 2.04 bits per heavy atom. The van der Waals surface area contributed by atoms with E-state index in [1.165, 1.54) is 0 Å². The van der Waals surface area contributed by atoms with Crippen molar-refractivity contribution >= 4 is 11.8 Å². The largest absolute Gasteiger partial charge is 0.390 e. The molecule has 1 aliphatic heterocycles. The average molecular weight is 346 g/mol. The Hall–Kier alpha value is -1.88. The highest BCUT2D eigenvalue weighted by Gasteiger charge is 2.27. The first-order valence-electron chi connectivity index (χ1n) is 9.18. The summed E-state index contributed by atoms with van der Waals surface area (Å²) in [6, 6.07) is 7.51. The Labute approximate surface area is 150 Å². The summed E-state index contributed by atoms with van der Waals surface area (Å²) in [5.41, 5.74) is 0.922. The SMILES string of the molecule is CCCCN1CCN(C(=O)c2cccc(CCC(C)(C)O)c2)CC1=O. The van der Waals surface area contributed by atoms with E-state index in [9.17, 15) is 14.7 Å². The lowest BCUT2D eigenvalue weighted by Crippen LogP contribution is -2.52. The van der Waals surface area contributed by atoms with Crippen LogP contribution in [0.5, 0.6) is 0 Å². The average Bonchev–Trinajstić information content (AvgIpc) is 2.58. The molecule has 2 amide bonds. The van der Waals surface area contributed by atoms with Gasteiger partial charge in [-0.15, -0.1) is 0 Å². The zero-order valence-corrected chi connectivity index (χ0v) is 15.6. The molecule has 1 aromatic carbocycles. The van der Waals surface area contributed by atoms with Crippen LogP contribution in [0.2, 0.25) is 0 Å². The maximum atomic E-state index is 12.7. The Morgan fingerprint density at radius 1 is 1.28 bits per heavy atom. The van der Waals surface area contributed by atoms with E-state index in [1.807, 2.05) is 23.1 Å². The van der Waals surface area contributed by atoms with Gasteiger partial charge in [-0.2, -0.15) is 0 Å². The quantitative estimate of drug-likeness (QED) is 0.825. The molecule has 25 heavy (non-hydrogen) atoms. The van der Waals surface area contributed by atoms with Crippen LogP contribution >= 0.6 is 0 Å². The predicted molar refractivity (Wildman–Crippen MR) is 98.5 cm³/mol. The van der Waals surface area contributed by atoms with Crippen LogP contribution in [0.15, 0.2) is 24.3 Å². The van der Waals surface area contributed by atoms with Crippen LogP contribution in [-0.2, 0) is 11.2 Å². The minimum Gasteiger partial charge on any atom is -0.390 e. The molecule has 2 rings (SSSR count). The number of amides is 2. The third-order valence-electron chi connectivity index (χ3n) is 4.59. The number of rotatable bonds is 7. The van der Waals surface area contributed by atoms with E-state index in [2.05, 4.69) is 6.92 Å². The number of benzene rings is 1. The first kappa shape index (κ1) is 19.4. The standard InChI is InChI=1S/C20H30N2O3/c1-4-5-11-21-12-13-22(15-18(21)23)19(24)17-8-6-7-16(14-17)9-10-20(2,3)25/h6-8,14,25H,4-5,9-13,15H2,1-3H3. The van der Waals surface area contributed by atoms with Gasteiger partial charge in [0.1, 0.15) is 6.54 Å². The molecular weight excluding hydrogens is 316 g/mol. The molecular formula is C20H30N2O3. The molecule has 1 saturated heterocycles. The minimum atomic E-state index is -0.721. The van der Waals surface area contributed by atoms with Crippen molar-refractivity contribution in [1.82, 2.24) is 9.80 Å². The van der Waals surface area contributed by atoms with Crippen molar-refractivity contribution < 1.29 is 14.7 Å². The zero-order chi connectivity index (χ0) is 18.4. The predicted octanol–water partition coefficient (Wildman–Crippen LogP) is 2.47. The summed E-state index contributed by atoms with van der Waals surface area (Å²) >= 11 is 0. The van der Waals surface area contributed by atoms with Crippen molar-refractivity contribution in [3.05, 3.63) is 35.4 Å². The van der Waals surface area contributed by atoms with Crippen molar-refractivity contribution in [3.8, 4) is 0 Å². The van der Waals surface area contributed by atoms with E-state index in [-0.39, 0.29) is 18.4 Å². The lowest BCUT2D eigenvalue weighted by Gasteiger charge is -2.34. The number of piperazine rings is 1. The van der Waals surface area contributed by atoms with E-state index < -0.39 is 5.60 Å². The molecule has 0 aliphatic carbocycles. The van der Waals surface area contributed by atoms with Gasteiger partial charge in [-0.1, -0.05) is 25.5 Å². The van der Waals surface area contributed by atoms with Crippen molar-refractivity contribution in [2.45, 2.75) is 52.1 Å². The van der Waals surface area contributed by atoms with Gasteiger partial charge in [0.05, 0.1) is 5.60 Å². The number of aryl methyl sites for hydroxylation is 1. The summed E-state index contributed by atoms with van der Waals surface area (Å²) in [5.74, 6) is -0.0557. The summed E-state index contributed by atoms with van der Waals surface area (Å²) in [7, 11) is 0. The van der Waals surface area contributed by atoms with Crippen molar-refractivity contribution in [2.75, 3.05) is 26.2 Å². The smallest absolute Gasteiger partial charge is 0.254 e. The number of aliphatic hydroxyl groups is 1. The Bertz CT molecular complexity index is 607. The van der Waals surface area contributed by atoms with Crippen LogP contribution < -0.4 is 0 Å². The van der Waals surface area contributed by atoms with Gasteiger partial charge in [0.25, 0.3) is 5.91 Å². The van der Waals surface area contributed by atoms with Crippen molar-refractivity contribution in [1.29, 1.82) is 0 Å². The number of unbranched alkanes of at least 4 members (excludes halogenated alkanes) is 1. The molecule has 0 bridgehead atoms. The molecule has 138 valence electrons. The molecule has 0 unspecified atom stereocenters. The van der Waals surface area contributed by atoms with Gasteiger partial charge in [-0.25, -0.2) is 0 Å². The van der Waals surface area contributed by atoms with Crippen LogP contribution in [0.3, 0.4) is 0 Å². The molecule has 1 aromatic rings. The second-order valence-electron chi connectivity index (χ2n) is 7.47. The van der Waals surface area contributed by atoms with Gasteiger partial charge in [-0.05, 0) is 50.8 Å². The highest BCUT2D eigenvalue weighted by molar-refractivity contribution is 5.97. The Kier molecular flexibility index (Phi) is 6.59. The second kappa shape index (κ2) is 8.48. The fourth-order valence-corrected chi connectivity index (χ4v) is 2.96. The Morgan fingerprint density at radius 3 is 2.68 bits per heavy atom. The maximum absolute atomic E-state index is 12.7. The summed E-state index contributed by atoms with van der Waals surface area (Å²) in [5, 5.41) is 9.86. The summed E-state index contributed by atoms with van der Waals surface area (Å²) in [4.78, 5) is 28.4. The molecule has 0 radical (unpaired) electrons. The second-order valence-corrected chi connectivity index (χ2v) is 7.47. The third kappa shape index (κ3) is 5.85. The van der Waals surface area contributed by atoms with Gasteiger partial charge in [-0.3, -0.25) is 9.59 Å². The highest BCUT2D eigenvalue weighted by Crippen LogP contribution is 2.16. The molecule has 1 aliphatic rings. The topological polar surface area (TPSA) is 60.9 Å². The molecule has 1 heterocycles. The van der Waals surface area contributed by atoms with E-state index in [1.54, 1.807) is 24.8 Å². The summed E-state index contributed by atoms with van der Waals surface area (Å²) in [6.45, 7) is 7.82. The molecule has 0 atom stereocenters. The first-order valence-corrected chi connectivity index (χ1v) is 9.18. The maximum Gasteiger partial charge on any atom is 0.254 e. The van der Waals surface area contributed by atoms with E-state index >= 15 is 0 Å². The van der Waals surface area contributed by atoms with Crippen molar-refractivity contribution in [2.24, 2.45) is 0 Å². The first-order chi connectivity index (χ1) is 11.8. The van der Waals surface area contributed by atoms with E-state index in [0.717, 1.165) is 24.9 Å². The summed E-state index contributed by atoms with van der Waals surface area (Å²) < 4.78 is 0.